The Bertz CT molecular complexity index is 715. The van der Waals surface area contributed by atoms with Crippen LogP contribution in [0.2, 0.25) is 0 Å². The summed E-state index contributed by atoms with van der Waals surface area (Å²) in [6.45, 7) is 3.94. The van der Waals surface area contributed by atoms with E-state index >= 15 is 0 Å². The van der Waals surface area contributed by atoms with Crippen LogP contribution < -0.4 is 10.0 Å². The van der Waals surface area contributed by atoms with Crippen LogP contribution in [0.4, 0.5) is 17.3 Å². The fraction of sp³-hybridized carbons (Fsp3) is 0.333. The van der Waals surface area contributed by atoms with Crippen molar-refractivity contribution in [3.63, 3.8) is 0 Å². The van der Waals surface area contributed by atoms with Crippen LogP contribution in [0.3, 0.4) is 0 Å². The van der Waals surface area contributed by atoms with Crippen molar-refractivity contribution in [2.75, 3.05) is 15.8 Å². The molecule has 2 N–H and O–H groups in total. The Hall–Kier alpha value is -2.15. The van der Waals surface area contributed by atoms with Crippen LogP contribution in [0, 0.1) is 6.92 Å². The largest absolute Gasteiger partial charge is 0.339 e. The highest BCUT2D eigenvalue weighted by Gasteiger charge is 2.10. The highest BCUT2D eigenvalue weighted by Crippen LogP contribution is 2.18. The first-order valence-electron chi connectivity index (χ1n) is 7.17. The molecule has 0 fully saturated rings. The number of hydrogen-bond donors (Lipinski definition) is 2. The molecule has 6 nitrogen and oxygen atoms in total. The molecule has 0 unspecified atom stereocenters. The molecule has 1 aromatic heterocycles. The Labute approximate surface area is 131 Å². The van der Waals surface area contributed by atoms with Gasteiger partial charge in [-0.15, -0.1) is 10.2 Å². The summed E-state index contributed by atoms with van der Waals surface area (Å²) in [5, 5.41) is 11.0. The molecule has 2 rings (SSSR count). The Morgan fingerprint density at radius 2 is 1.73 bits per heavy atom. The van der Waals surface area contributed by atoms with E-state index in [0.29, 0.717) is 12.2 Å². The number of nitrogens with zero attached hydrogens (tertiary/aromatic N) is 2. The van der Waals surface area contributed by atoms with Crippen LogP contribution in [0.25, 0.3) is 0 Å². The number of aryl methyl sites for hydroxylation is 1. The van der Waals surface area contributed by atoms with Gasteiger partial charge in [-0.3, -0.25) is 4.72 Å². The van der Waals surface area contributed by atoms with Crippen LogP contribution in [-0.4, -0.2) is 24.4 Å². The smallest absolute Gasteiger partial charge is 0.233 e. The molecule has 0 spiro atoms. The number of aromatic nitrogens is 2. The number of anilines is 3. The summed E-state index contributed by atoms with van der Waals surface area (Å²) in [5.41, 5.74) is 2.03. The molecule has 0 saturated heterocycles. The molecule has 7 heteroatoms. The maximum atomic E-state index is 11.8. The van der Waals surface area contributed by atoms with Crippen LogP contribution in [0.15, 0.2) is 36.4 Å². The highest BCUT2D eigenvalue weighted by atomic mass is 32.2. The molecule has 2 aromatic rings. The number of para-hydroxylation sites is 1. The van der Waals surface area contributed by atoms with Gasteiger partial charge in [0.25, 0.3) is 0 Å². The van der Waals surface area contributed by atoms with Gasteiger partial charge >= 0.3 is 0 Å². The van der Waals surface area contributed by atoms with E-state index in [4.69, 9.17) is 0 Å². The summed E-state index contributed by atoms with van der Waals surface area (Å²) in [6, 6.07) is 11.1. The Balaban J connectivity index is 2.03. The summed E-state index contributed by atoms with van der Waals surface area (Å²) in [5.74, 6) is 0.881. The minimum absolute atomic E-state index is 0.0917. The summed E-state index contributed by atoms with van der Waals surface area (Å²) in [4.78, 5) is 0. The van der Waals surface area contributed by atoms with Crippen molar-refractivity contribution < 1.29 is 8.42 Å². The molecule has 22 heavy (non-hydrogen) atoms. The van der Waals surface area contributed by atoms with Crippen LogP contribution in [0.1, 0.15) is 25.3 Å². The second-order valence-corrected chi connectivity index (χ2v) is 6.86. The molecule has 1 heterocycles. The van der Waals surface area contributed by atoms with Gasteiger partial charge in [0.2, 0.25) is 10.0 Å². The van der Waals surface area contributed by atoms with Gasteiger partial charge in [-0.2, -0.15) is 0 Å². The third-order valence-corrected chi connectivity index (χ3v) is 4.45. The van der Waals surface area contributed by atoms with Crippen LogP contribution >= 0.6 is 0 Å². The second-order valence-electron chi connectivity index (χ2n) is 5.02. The summed E-state index contributed by atoms with van der Waals surface area (Å²) >= 11 is 0. The van der Waals surface area contributed by atoms with Crippen molar-refractivity contribution >= 4 is 27.3 Å². The zero-order valence-electron chi connectivity index (χ0n) is 12.7. The lowest BCUT2D eigenvalue weighted by atomic mass is 10.2. The van der Waals surface area contributed by atoms with Gasteiger partial charge in [-0.05, 0) is 37.1 Å². The Morgan fingerprint density at radius 3 is 2.36 bits per heavy atom. The summed E-state index contributed by atoms with van der Waals surface area (Å²) < 4.78 is 26.0. The number of hydrogen-bond acceptors (Lipinski definition) is 5. The summed E-state index contributed by atoms with van der Waals surface area (Å²) in [7, 11) is -3.35. The van der Waals surface area contributed by atoms with Gasteiger partial charge < -0.3 is 5.32 Å². The SMILES string of the molecule is CCCCS(=O)(=O)Nc1ccc(Nc2ccccc2C)nn1. The first kappa shape index (κ1) is 16.2. The molecule has 1 aromatic carbocycles. The van der Waals surface area contributed by atoms with E-state index in [1.807, 2.05) is 38.1 Å². The predicted octanol–water partition coefficient (Wildman–Crippen LogP) is 3.07. The van der Waals surface area contributed by atoms with E-state index in [2.05, 4.69) is 20.2 Å². The van der Waals surface area contributed by atoms with Crippen molar-refractivity contribution in [3.8, 4) is 0 Å². The first-order valence-corrected chi connectivity index (χ1v) is 8.82. The minimum Gasteiger partial charge on any atom is -0.339 e. The normalized spacial score (nSPS) is 11.2. The first-order chi connectivity index (χ1) is 10.5. The second kappa shape index (κ2) is 7.22. The van der Waals surface area contributed by atoms with Crippen LogP contribution in [0.5, 0.6) is 0 Å². The van der Waals surface area contributed by atoms with Gasteiger partial charge in [-0.1, -0.05) is 31.5 Å². The number of rotatable bonds is 7. The standard InChI is InChI=1S/C15H20N4O2S/c1-3-4-11-22(20,21)19-15-10-9-14(17-18-15)16-13-8-6-5-7-12(13)2/h5-10H,3-4,11H2,1-2H3,(H,16,17)(H,18,19). The maximum Gasteiger partial charge on any atom is 0.233 e. The minimum atomic E-state index is -3.35. The zero-order valence-corrected chi connectivity index (χ0v) is 13.5. The van der Waals surface area contributed by atoms with Gasteiger partial charge in [-0.25, -0.2) is 8.42 Å². The van der Waals surface area contributed by atoms with Crippen LogP contribution in [-0.2, 0) is 10.0 Å². The maximum absolute atomic E-state index is 11.8. The average Bonchev–Trinajstić information content (AvgIpc) is 2.49. The predicted molar refractivity (Wildman–Crippen MR) is 88.8 cm³/mol. The molecule has 118 valence electrons. The quantitative estimate of drug-likeness (QED) is 0.819. The number of sulfonamides is 1. The highest BCUT2D eigenvalue weighted by molar-refractivity contribution is 7.92. The fourth-order valence-electron chi connectivity index (χ4n) is 1.85. The third kappa shape index (κ3) is 4.70. The monoisotopic (exact) mass is 320 g/mol. The Morgan fingerprint density at radius 1 is 1.05 bits per heavy atom. The van der Waals surface area contributed by atoms with E-state index < -0.39 is 10.0 Å². The van der Waals surface area contributed by atoms with Crippen molar-refractivity contribution in [3.05, 3.63) is 42.0 Å². The topological polar surface area (TPSA) is 84.0 Å². The van der Waals surface area contributed by atoms with Gasteiger partial charge in [0.1, 0.15) is 0 Å². The van der Waals surface area contributed by atoms with Gasteiger partial charge in [0.05, 0.1) is 5.75 Å². The third-order valence-electron chi connectivity index (χ3n) is 3.10. The molecule has 0 amide bonds. The molecule has 0 aliphatic rings. The molecular weight excluding hydrogens is 300 g/mol. The van der Waals surface area contributed by atoms with E-state index in [9.17, 15) is 8.42 Å². The fourth-order valence-corrected chi connectivity index (χ4v) is 3.05. The molecule has 0 aliphatic heterocycles. The molecule has 0 bridgehead atoms. The molecular formula is C15H20N4O2S. The van der Waals surface area contributed by atoms with E-state index in [0.717, 1.165) is 17.7 Å². The molecule has 0 atom stereocenters. The number of nitrogens with one attached hydrogen (secondary N) is 2. The van der Waals surface area contributed by atoms with E-state index in [1.165, 1.54) is 0 Å². The molecule has 0 radical (unpaired) electrons. The Kier molecular flexibility index (Phi) is 5.32. The number of unbranched alkanes of at least 4 members (excludes halogenated alkanes) is 1. The average molecular weight is 320 g/mol. The van der Waals surface area contributed by atoms with E-state index in [1.54, 1.807) is 12.1 Å². The molecule has 0 saturated carbocycles. The van der Waals surface area contributed by atoms with Gasteiger partial charge in [0.15, 0.2) is 11.6 Å². The zero-order chi connectivity index (χ0) is 16.0. The lowest BCUT2D eigenvalue weighted by Crippen LogP contribution is -2.17. The van der Waals surface area contributed by atoms with Crippen molar-refractivity contribution in [2.45, 2.75) is 26.7 Å². The lowest BCUT2D eigenvalue weighted by Gasteiger charge is -2.09. The van der Waals surface area contributed by atoms with E-state index in [-0.39, 0.29) is 11.6 Å². The molecule has 0 aliphatic carbocycles. The van der Waals surface area contributed by atoms with Gasteiger partial charge in [0, 0.05) is 5.69 Å². The number of benzene rings is 1. The summed E-state index contributed by atoms with van der Waals surface area (Å²) in [6.07, 6.45) is 1.45. The van der Waals surface area contributed by atoms with Crippen molar-refractivity contribution in [2.24, 2.45) is 0 Å². The van der Waals surface area contributed by atoms with Crippen molar-refractivity contribution in [1.29, 1.82) is 0 Å². The van der Waals surface area contributed by atoms with Crippen molar-refractivity contribution in [1.82, 2.24) is 10.2 Å². The lowest BCUT2D eigenvalue weighted by molar-refractivity contribution is 0.597.